The van der Waals surface area contributed by atoms with Gasteiger partial charge in [0.15, 0.2) is 0 Å². The molecular formula is C17H16N2. The summed E-state index contributed by atoms with van der Waals surface area (Å²) >= 11 is 0. The Kier molecular flexibility index (Phi) is 4.82. The van der Waals surface area contributed by atoms with Crippen molar-refractivity contribution in [1.82, 2.24) is 0 Å². The number of allylic oxidation sites excluding steroid dienone is 1. The maximum absolute atomic E-state index is 4.13. The molecule has 0 saturated carbocycles. The van der Waals surface area contributed by atoms with Crippen LogP contribution in [0.4, 0.5) is 0 Å². The third-order valence-corrected chi connectivity index (χ3v) is 2.54. The largest absolute Gasteiger partial charge is 0.158 e. The summed E-state index contributed by atoms with van der Waals surface area (Å²) in [5.74, 6) is 0. The predicted molar refractivity (Wildman–Crippen MR) is 82.6 cm³/mol. The Labute approximate surface area is 113 Å². The van der Waals surface area contributed by atoms with Gasteiger partial charge in [-0.15, -0.1) is 0 Å². The van der Waals surface area contributed by atoms with E-state index in [-0.39, 0.29) is 0 Å². The molecule has 0 heterocycles. The van der Waals surface area contributed by atoms with Crippen LogP contribution in [0, 0.1) is 0 Å². The molecule has 19 heavy (non-hydrogen) atoms. The smallest absolute Gasteiger partial charge is 0.0599 e. The standard InChI is InChI=1S/C17H16N2/c1-15(12-13-16-8-4-2-5-9-16)19-18-14-17-10-6-3-7-11-17/h2-14H,1H3/b13-12+,18-14+,19-15+. The van der Waals surface area contributed by atoms with Crippen LogP contribution in [0.1, 0.15) is 18.1 Å². The molecular weight excluding hydrogens is 232 g/mol. The van der Waals surface area contributed by atoms with Gasteiger partial charge >= 0.3 is 0 Å². The van der Waals surface area contributed by atoms with E-state index in [1.165, 1.54) is 0 Å². The second-order valence-electron chi connectivity index (χ2n) is 4.14. The van der Waals surface area contributed by atoms with Crippen LogP contribution < -0.4 is 0 Å². The zero-order chi connectivity index (χ0) is 13.3. The molecule has 0 saturated heterocycles. The van der Waals surface area contributed by atoms with E-state index in [2.05, 4.69) is 22.3 Å². The molecule has 0 aliphatic rings. The van der Waals surface area contributed by atoms with Crippen molar-refractivity contribution in [2.24, 2.45) is 10.2 Å². The third kappa shape index (κ3) is 4.72. The van der Waals surface area contributed by atoms with Crippen molar-refractivity contribution in [3.05, 3.63) is 77.9 Å². The third-order valence-electron chi connectivity index (χ3n) is 2.54. The second-order valence-corrected chi connectivity index (χ2v) is 4.14. The number of hydrogen-bond acceptors (Lipinski definition) is 2. The van der Waals surface area contributed by atoms with Crippen molar-refractivity contribution in [2.75, 3.05) is 0 Å². The molecule has 0 amide bonds. The maximum atomic E-state index is 4.13. The SMILES string of the molecule is CC(/C=C/c1ccccc1)=N\N=C\c1ccccc1. The van der Waals surface area contributed by atoms with Crippen LogP contribution in [-0.2, 0) is 0 Å². The monoisotopic (exact) mass is 248 g/mol. The molecule has 94 valence electrons. The molecule has 0 aliphatic carbocycles. The normalized spacial score (nSPS) is 12.4. The van der Waals surface area contributed by atoms with Gasteiger partial charge in [0.1, 0.15) is 0 Å². The lowest BCUT2D eigenvalue weighted by molar-refractivity contribution is 1.25. The molecule has 0 N–H and O–H groups in total. The van der Waals surface area contributed by atoms with E-state index in [9.17, 15) is 0 Å². The Bertz CT molecular complexity index is 581. The highest BCUT2D eigenvalue weighted by Gasteiger charge is 1.86. The van der Waals surface area contributed by atoms with Crippen molar-refractivity contribution in [3.63, 3.8) is 0 Å². The van der Waals surface area contributed by atoms with Crippen molar-refractivity contribution >= 4 is 18.0 Å². The molecule has 0 unspecified atom stereocenters. The Hall–Kier alpha value is -2.48. The summed E-state index contributed by atoms with van der Waals surface area (Å²) in [4.78, 5) is 0. The Balaban J connectivity index is 1.97. The first-order valence-electron chi connectivity index (χ1n) is 6.20. The van der Waals surface area contributed by atoms with Crippen LogP contribution in [0.25, 0.3) is 6.08 Å². The van der Waals surface area contributed by atoms with E-state index in [0.29, 0.717) is 0 Å². The Morgan fingerprint density at radius 1 is 0.842 bits per heavy atom. The predicted octanol–water partition coefficient (Wildman–Crippen LogP) is 4.19. The molecule has 2 aromatic carbocycles. The van der Waals surface area contributed by atoms with Crippen LogP contribution in [0.5, 0.6) is 0 Å². The highest BCUT2D eigenvalue weighted by molar-refractivity contribution is 5.96. The molecule has 0 fully saturated rings. The summed E-state index contributed by atoms with van der Waals surface area (Å²) in [5, 5.41) is 8.20. The van der Waals surface area contributed by atoms with Crippen molar-refractivity contribution in [3.8, 4) is 0 Å². The first kappa shape index (κ1) is 13.0. The number of rotatable bonds is 4. The average molecular weight is 248 g/mol. The minimum atomic E-state index is 0.871. The van der Waals surface area contributed by atoms with Crippen molar-refractivity contribution in [2.45, 2.75) is 6.92 Å². The fraction of sp³-hybridized carbons (Fsp3) is 0.0588. The Morgan fingerprint density at radius 3 is 2.05 bits per heavy atom. The molecule has 0 aromatic heterocycles. The lowest BCUT2D eigenvalue weighted by Crippen LogP contribution is -1.84. The minimum Gasteiger partial charge on any atom is -0.158 e. The summed E-state index contributed by atoms with van der Waals surface area (Å²) in [5.41, 5.74) is 3.08. The van der Waals surface area contributed by atoms with Gasteiger partial charge in [-0.3, -0.25) is 0 Å². The van der Waals surface area contributed by atoms with Gasteiger partial charge < -0.3 is 0 Å². The lowest BCUT2D eigenvalue weighted by Gasteiger charge is -1.91. The molecule has 0 aliphatic heterocycles. The number of benzene rings is 2. The zero-order valence-electron chi connectivity index (χ0n) is 10.9. The van der Waals surface area contributed by atoms with Crippen LogP contribution in [0.2, 0.25) is 0 Å². The van der Waals surface area contributed by atoms with Crippen molar-refractivity contribution < 1.29 is 0 Å². The molecule has 2 rings (SSSR count). The fourth-order valence-electron chi connectivity index (χ4n) is 1.54. The summed E-state index contributed by atoms with van der Waals surface area (Å²) < 4.78 is 0. The first-order chi connectivity index (χ1) is 9.34. The quantitative estimate of drug-likeness (QED) is 0.572. The van der Waals surface area contributed by atoms with Crippen LogP contribution >= 0.6 is 0 Å². The van der Waals surface area contributed by atoms with Crippen molar-refractivity contribution in [1.29, 1.82) is 0 Å². The summed E-state index contributed by atoms with van der Waals surface area (Å²) in [6.07, 6.45) is 5.73. The molecule has 2 aromatic rings. The molecule has 0 radical (unpaired) electrons. The van der Waals surface area contributed by atoms with Gasteiger partial charge in [0.25, 0.3) is 0 Å². The number of nitrogens with zero attached hydrogens (tertiary/aromatic N) is 2. The summed E-state index contributed by atoms with van der Waals surface area (Å²) in [6.45, 7) is 1.93. The van der Waals surface area contributed by atoms with E-state index in [1.807, 2.05) is 67.6 Å². The van der Waals surface area contributed by atoms with Gasteiger partial charge in [0.05, 0.1) is 11.9 Å². The first-order valence-corrected chi connectivity index (χ1v) is 6.20. The van der Waals surface area contributed by atoms with E-state index >= 15 is 0 Å². The number of hydrogen-bond donors (Lipinski definition) is 0. The van der Waals surface area contributed by atoms with Gasteiger partial charge in [-0.25, -0.2) is 0 Å². The molecule has 2 nitrogen and oxygen atoms in total. The molecule has 2 heteroatoms. The molecule has 0 bridgehead atoms. The van der Waals surface area contributed by atoms with Gasteiger partial charge in [0, 0.05) is 0 Å². The highest BCUT2D eigenvalue weighted by atomic mass is 15.2. The van der Waals surface area contributed by atoms with E-state index in [0.717, 1.165) is 16.8 Å². The van der Waals surface area contributed by atoms with Gasteiger partial charge in [-0.1, -0.05) is 66.7 Å². The maximum Gasteiger partial charge on any atom is 0.0599 e. The van der Waals surface area contributed by atoms with E-state index in [4.69, 9.17) is 0 Å². The fourth-order valence-corrected chi connectivity index (χ4v) is 1.54. The van der Waals surface area contributed by atoms with Gasteiger partial charge in [0.2, 0.25) is 0 Å². The van der Waals surface area contributed by atoms with Gasteiger partial charge in [-0.2, -0.15) is 10.2 Å². The topological polar surface area (TPSA) is 24.7 Å². The lowest BCUT2D eigenvalue weighted by atomic mass is 10.2. The summed E-state index contributed by atoms with van der Waals surface area (Å²) in [6, 6.07) is 20.1. The van der Waals surface area contributed by atoms with E-state index < -0.39 is 0 Å². The Morgan fingerprint density at radius 2 is 1.42 bits per heavy atom. The molecule has 0 atom stereocenters. The molecule has 0 spiro atoms. The van der Waals surface area contributed by atoms with Crippen LogP contribution in [-0.4, -0.2) is 11.9 Å². The zero-order valence-corrected chi connectivity index (χ0v) is 10.9. The van der Waals surface area contributed by atoms with Crippen LogP contribution in [0.3, 0.4) is 0 Å². The highest BCUT2D eigenvalue weighted by Crippen LogP contribution is 2.01. The van der Waals surface area contributed by atoms with E-state index in [1.54, 1.807) is 6.21 Å². The van der Waals surface area contributed by atoms with Crippen LogP contribution in [0.15, 0.2) is 76.9 Å². The average Bonchev–Trinajstić information content (AvgIpc) is 2.47. The summed E-state index contributed by atoms with van der Waals surface area (Å²) in [7, 11) is 0. The second kappa shape index (κ2) is 7.07. The minimum absolute atomic E-state index is 0.871. The van der Waals surface area contributed by atoms with Gasteiger partial charge in [-0.05, 0) is 24.1 Å².